The maximum atomic E-state index is 11.7. The summed E-state index contributed by atoms with van der Waals surface area (Å²) >= 11 is 0. The normalized spacial score (nSPS) is 22.6. The lowest BCUT2D eigenvalue weighted by Gasteiger charge is -2.25. The van der Waals surface area contributed by atoms with E-state index in [2.05, 4.69) is 36.7 Å². The highest BCUT2D eigenvalue weighted by molar-refractivity contribution is 5.67. The Labute approximate surface area is 135 Å². The molecule has 0 spiro atoms. The summed E-state index contributed by atoms with van der Waals surface area (Å²) in [5.41, 5.74) is -0.273. The van der Waals surface area contributed by atoms with Gasteiger partial charge in [0.15, 0.2) is 0 Å². The van der Waals surface area contributed by atoms with Gasteiger partial charge in [0.2, 0.25) is 0 Å². The molecule has 0 saturated heterocycles. The monoisotopic (exact) mass is 313 g/mol. The van der Waals surface area contributed by atoms with E-state index < -0.39 is 5.60 Å². The van der Waals surface area contributed by atoms with Gasteiger partial charge in [0, 0.05) is 31.2 Å². The van der Waals surface area contributed by atoms with E-state index in [0.717, 1.165) is 13.1 Å². The molecule has 5 heteroatoms. The van der Waals surface area contributed by atoms with Crippen LogP contribution in [0.15, 0.2) is 0 Å². The Bertz CT molecular complexity index is 345. The fourth-order valence-corrected chi connectivity index (χ4v) is 2.77. The van der Waals surface area contributed by atoms with Gasteiger partial charge < -0.3 is 20.7 Å². The SMILES string of the molecule is CC(C)(C)NCCNC1CCCC1CNC(=O)OC(C)(C)C. The molecule has 0 bridgehead atoms. The lowest BCUT2D eigenvalue weighted by Crippen LogP contribution is -2.45. The molecule has 5 nitrogen and oxygen atoms in total. The number of carbonyl (C=O) groups excluding carboxylic acids is 1. The minimum absolute atomic E-state index is 0.162. The van der Waals surface area contributed by atoms with Crippen molar-refractivity contribution in [1.29, 1.82) is 0 Å². The average molecular weight is 313 g/mol. The van der Waals surface area contributed by atoms with E-state index in [1.807, 2.05) is 20.8 Å². The predicted molar refractivity (Wildman–Crippen MR) is 91.1 cm³/mol. The van der Waals surface area contributed by atoms with Crippen molar-refractivity contribution in [3.63, 3.8) is 0 Å². The van der Waals surface area contributed by atoms with Crippen LogP contribution >= 0.6 is 0 Å². The molecule has 0 aromatic rings. The third kappa shape index (κ3) is 8.59. The molecule has 0 radical (unpaired) electrons. The molecule has 130 valence electrons. The molecule has 1 aliphatic rings. The molecule has 1 fully saturated rings. The lowest BCUT2D eigenvalue weighted by atomic mass is 10.0. The van der Waals surface area contributed by atoms with Gasteiger partial charge in [-0.3, -0.25) is 0 Å². The number of carbonyl (C=O) groups is 1. The molecule has 1 amide bonds. The smallest absolute Gasteiger partial charge is 0.407 e. The van der Waals surface area contributed by atoms with E-state index in [1.54, 1.807) is 0 Å². The minimum Gasteiger partial charge on any atom is -0.444 e. The highest BCUT2D eigenvalue weighted by Crippen LogP contribution is 2.25. The maximum Gasteiger partial charge on any atom is 0.407 e. The fourth-order valence-electron chi connectivity index (χ4n) is 2.77. The van der Waals surface area contributed by atoms with E-state index in [0.29, 0.717) is 18.5 Å². The van der Waals surface area contributed by atoms with Crippen molar-refractivity contribution in [1.82, 2.24) is 16.0 Å². The minimum atomic E-state index is -0.434. The lowest BCUT2D eigenvalue weighted by molar-refractivity contribution is 0.0517. The largest absolute Gasteiger partial charge is 0.444 e. The highest BCUT2D eigenvalue weighted by atomic mass is 16.6. The van der Waals surface area contributed by atoms with Crippen molar-refractivity contribution >= 4 is 6.09 Å². The van der Waals surface area contributed by atoms with Crippen molar-refractivity contribution in [2.24, 2.45) is 5.92 Å². The first-order valence-electron chi connectivity index (χ1n) is 8.52. The van der Waals surface area contributed by atoms with Crippen LogP contribution in [0.2, 0.25) is 0 Å². The Kier molecular flexibility index (Phi) is 7.13. The molecule has 1 rings (SSSR count). The molecular formula is C17H35N3O2. The van der Waals surface area contributed by atoms with Crippen LogP contribution in [0.3, 0.4) is 0 Å². The van der Waals surface area contributed by atoms with Crippen LogP contribution in [0.5, 0.6) is 0 Å². The second kappa shape index (κ2) is 8.16. The summed E-state index contributed by atoms with van der Waals surface area (Å²) in [5.74, 6) is 0.502. The number of rotatable bonds is 6. The number of hydrogen-bond donors (Lipinski definition) is 3. The molecule has 1 aliphatic carbocycles. The van der Waals surface area contributed by atoms with Crippen LogP contribution in [-0.2, 0) is 4.74 Å². The summed E-state index contributed by atoms with van der Waals surface area (Å²) in [6.07, 6.45) is 3.27. The highest BCUT2D eigenvalue weighted by Gasteiger charge is 2.27. The molecule has 0 aromatic carbocycles. The van der Waals surface area contributed by atoms with Gasteiger partial charge >= 0.3 is 6.09 Å². The van der Waals surface area contributed by atoms with Crippen molar-refractivity contribution in [3.8, 4) is 0 Å². The first-order valence-corrected chi connectivity index (χ1v) is 8.52. The molecule has 0 heterocycles. The van der Waals surface area contributed by atoms with Crippen LogP contribution in [0, 0.1) is 5.92 Å². The number of nitrogens with one attached hydrogen (secondary N) is 3. The number of amides is 1. The summed E-state index contributed by atoms with van der Waals surface area (Å²) in [6, 6.07) is 0.497. The Morgan fingerprint density at radius 1 is 1.09 bits per heavy atom. The third-order valence-electron chi connectivity index (χ3n) is 3.75. The van der Waals surface area contributed by atoms with Gasteiger partial charge in [0.25, 0.3) is 0 Å². The van der Waals surface area contributed by atoms with Gasteiger partial charge in [-0.25, -0.2) is 4.79 Å². The Hall–Kier alpha value is -0.810. The van der Waals surface area contributed by atoms with Gasteiger partial charge in [-0.2, -0.15) is 0 Å². The van der Waals surface area contributed by atoms with E-state index in [1.165, 1.54) is 19.3 Å². The van der Waals surface area contributed by atoms with E-state index >= 15 is 0 Å². The standard InChI is InChI=1S/C17H35N3O2/c1-16(2,3)20-11-10-18-14-9-7-8-13(14)12-19-15(21)22-17(4,5)6/h13-14,18,20H,7-12H2,1-6H3,(H,19,21). The average Bonchev–Trinajstić information content (AvgIpc) is 2.76. The number of ether oxygens (including phenoxy) is 1. The quantitative estimate of drug-likeness (QED) is 0.660. The second-order valence-electron chi connectivity index (χ2n) is 8.31. The van der Waals surface area contributed by atoms with Gasteiger partial charge in [-0.1, -0.05) is 6.42 Å². The van der Waals surface area contributed by atoms with Gasteiger partial charge in [0.1, 0.15) is 5.60 Å². The summed E-state index contributed by atoms with van der Waals surface area (Å²) in [6.45, 7) is 14.8. The van der Waals surface area contributed by atoms with Crippen molar-refractivity contribution < 1.29 is 9.53 Å². The summed E-state index contributed by atoms with van der Waals surface area (Å²) in [7, 11) is 0. The van der Waals surface area contributed by atoms with Crippen LogP contribution in [-0.4, -0.2) is 42.9 Å². The topological polar surface area (TPSA) is 62.4 Å². The third-order valence-corrected chi connectivity index (χ3v) is 3.75. The predicted octanol–water partition coefficient (Wildman–Crippen LogP) is 2.66. The van der Waals surface area contributed by atoms with Crippen molar-refractivity contribution in [3.05, 3.63) is 0 Å². The van der Waals surface area contributed by atoms with Crippen molar-refractivity contribution in [2.45, 2.75) is 78.0 Å². The van der Waals surface area contributed by atoms with E-state index in [9.17, 15) is 4.79 Å². The first-order chi connectivity index (χ1) is 10.1. The summed E-state index contributed by atoms with van der Waals surface area (Å²) in [4.78, 5) is 11.7. The number of hydrogen-bond acceptors (Lipinski definition) is 4. The Morgan fingerprint density at radius 2 is 1.77 bits per heavy atom. The van der Waals surface area contributed by atoms with Gasteiger partial charge in [-0.05, 0) is 60.3 Å². The van der Waals surface area contributed by atoms with E-state index in [4.69, 9.17) is 4.74 Å². The number of alkyl carbamates (subject to hydrolysis) is 1. The summed E-state index contributed by atoms with van der Waals surface area (Å²) in [5, 5.41) is 10.0. The van der Waals surface area contributed by atoms with Crippen LogP contribution in [0.1, 0.15) is 60.8 Å². The molecule has 2 atom stereocenters. The van der Waals surface area contributed by atoms with Crippen molar-refractivity contribution in [2.75, 3.05) is 19.6 Å². The van der Waals surface area contributed by atoms with Gasteiger partial charge in [0.05, 0.1) is 0 Å². The molecule has 22 heavy (non-hydrogen) atoms. The molecule has 0 aliphatic heterocycles. The van der Waals surface area contributed by atoms with E-state index in [-0.39, 0.29) is 11.6 Å². The molecular weight excluding hydrogens is 278 g/mol. The van der Waals surface area contributed by atoms with Crippen LogP contribution in [0.4, 0.5) is 4.79 Å². The first kappa shape index (κ1) is 19.2. The Balaban J connectivity index is 2.24. The molecule has 1 saturated carbocycles. The summed E-state index contributed by atoms with van der Waals surface area (Å²) < 4.78 is 5.29. The zero-order valence-corrected chi connectivity index (χ0v) is 15.2. The zero-order valence-electron chi connectivity index (χ0n) is 15.2. The van der Waals surface area contributed by atoms with Crippen LogP contribution < -0.4 is 16.0 Å². The fraction of sp³-hybridized carbons (Fsp3) is 0.941. The molecule has 3 N–H and O–H groups in total. The maximum absolute atomic E-state index is 11.7. The molecule has 2 unspecified atom stereocenters. The second-order valence-corrected chi connectivity index (χ2v) is 8.31. The van der Waals surface area contributed by atoms with Gasteiger partial charge in [-0.15, -0.1) is 0 Å². The zero-order chi connectivity index (χ0) is 16.8. The molecule has 0 aromatic heterocycles. The van der Waals surface area contributed by atoms with Crippen LogP contribution in [0.25, 0.3) is 0 Å². The Morgan fingerprint density at radius 3 is 2.36 bits per heavy atom.